The number of carbonyl (C=O) groups is 2. The van der Waals surface area contributed by atoms with Gasteiger partial charge in [-0.05, 0) is 25.7 Å². The average Bonchev–Trinajstić information content (AvgIpc) is 2.96. The minimum absolute atomic E-state index is 0.0532. The van der Waals surface area contributed by atoms with Gasteiger partial charge in [-0.3, -0.25) is 9.69 Å². The van der Waals surface area contributed by atoms with Crippen LogP contribution in [-0.4, -0.2) is 52.4 Å². The van der Waals surface area contributed by atoms with Gasteiger partial charge in [0.25, 0.3) is 5.91 Å². The Kier molecular flexibility index (Phi) is 2.92. The van der Waals surface area contributed by atoms with Gasteiger partial charge in [-0.15, -0.1) is 11.3 Å². The number of carbonyl (C=O) groups excluding carboxylic acids is 2. The molecular formula is C14H18N4O2S. The molecule has 7 heteroatoms. The van der Waals surface area contributed by atoms with Crippen molar-refractivity contribution >= 4 is 28.4 Å². The van der Waals surface area contributed by atoms with Gasteiger partial charge in [0.15, 0.2) is 5.13 Å². The molecule has 1 atom stereocenters. The van der Waals surface area contributed by atoms with Crippen LogP contribution in [0.25, 0.3) is 0 Å². The highest BCUT2D eigenvalue weighted by Crippen LogP contribution is 2.33. The number of urea groups is 1. The van der Waals surface area contributed by atoms with Crippen LogP contribution in [0.2, 0.25) is 0 Å². The first-order valence-electron chi connectivity index (χ1n) is 7.44. The first kappa shape index (κ1) is 13.1. The number of thiazole rings is 1. The Morgan fingerprint density at radius 3 is 2.90 bits per heavy atom. The van der Waals surface area contributed by atoms with E-state index in [1.54, 1.807) is 16.2 Å². The number of hydrogen-bond donors (Lipinski definition) is 0. The number of nitrogens with zero attached hydrogens (tertiary/aromatic N) is 4. The smallest absolute Gasteiger partial charge is 0.327 e. The van der Waals surface area contributed by atoms with Gasteiger partial charge < -0.3 is 9.80 Å². The molecule has 3 amide bonds. The summed E-state index contributed by atoms with van der Waals surface area (Å²) in [6.07, 6.45) is 4.19. The monoisotopic (exact) mass is 306 g/mol. The summed E-state index contributed by atoms with van der Waals surface area (Å²) in [6.45, 7) is 1.01. The lowest BCUT2D eigenvalue weighted by Crippen LogP contribution is -2.32. The lowest BCUT2D eigenvalue weighted by molar-refractivity contribution is -0.128. The van der Waals surface area contributed by atoms with Gasteiger partial charge in [0.05, 0.1) is 12.2 Å². The van der Waals surface area contributed by atoms with E-state index in [2.05, 4.69) is 16.9 Å². The van der Waals surface area contributed by atoms with E-state index < -0.39 is 0 Å². The minimum Gasteiger partial charge on any atom is -0.348 e. The van der Waals surface area contributed by atoms with Crippen molar-refractivity contribution < 1.29 is 9.59 Å². The van der Waals surface area contributed by atoms with E-state index in [4.69, 9.17) is 0 Å². The molecule has 21 heavy (non-hydrogen) atoms. The molecule has 4 rings (SSSR count). The Labute approximate surface area is 127 Å². The van der Waals surface area contributed by atoms with Crippen molar-refractivity contribution in [3.63, 3.8) is 0 Å². The van der Waals surface area contributed by atoms with E-state index >= 15 is 0 Å². The molecule has 3 aliphatic rings. The fraction of sp³-hybridized carbons (Fsp3) is 0.643. The molecule has 1 unspecified atom stereocenters. The third kappa shape index (κ3) is 2.10. The predicted molar refractivity (Wildman–Crippen MR) is 79.2 cm³/mol. The van der Waals surface area contributed by atoms with Crippen LogP contribution in [0.1, 0.15) is 31.4 Å². The van der Waals surface area contributed by atoms with Crippen molar-refractivity contribution in [3.05, 3.63) is 11.1 Å². The standard InChI is InChI=1S/C14H18N4O2S/c1-16(10-4-5-10)13-15-9(8-21-13)7-18-12(19)11-3-2-6-17(11)14(18)20/h8,10-11H,2-7H2,1H3. The number of aromatic nitrogens is 1. The van der Waals surface area contributed by atoms with Crippen molar-refractivity contribution in [2.24, 2.45) is 0 Å². The van der Waals surface area contributed by atoms with Crippen molar-refractivity contribution in [2.75, 3.05) is 18.5 Å². The van der Waals surface area contributed by atoms with Crippen LogP contribution in [0.5, 0.6) is 0 Å². The second-order valence-corrected chi connectivity index (χ2v) is 6.86. The zero-order valence-corrected chi connectivity index (χ0v) is 12.8. The molecule has 6 nitrogen and oxygen atoms in total. The molecule has 1 aromatic rings. The maximum Gasteiger partial charge on any atom is 0.327 e. The summed E-state index contributed by atoms with van der Waals surface area (Å²) in [5.74, 6) is -0.0532. The number of fused-ring (bicyclic) bond motifs is 1. The normalized spacial score (nSPS) is 24.9. The third-order valence-corrected chi connectivity index (χ3v) is 5.52. The van der Waals surface area contributed by atoms with E-state index in [1.807, 2.05) is 5.38 Å². The summed E-state index contributed by atoms with van der Waals surface area (Å²) >= 11 is 1.59. The molecule has 1 aliphatic carbocycles. The average molecular weight is 306 g/mol. The zero-order valence-electron chi connectivity index (χ0n) is 12.0. The summed E-state index contributed by atoms with van der Waals surface area (Å²) in [7, 11) is 2.06. The Hall–Kier alpha value is -1.63. The molecule has 3 fully saturated rings. The first-order chi connectivity index (χ1) is 10.1. The highest BCUT2D eigenvalue weighted by molar-refractivity contribution is 7.13. The van der Waals surface area contributed by atoms with Crippen molar-refractivity contribution in [1.29, 1.82) is 0 Å². The molecule has 0 N–H and O–H groups in total. The van der Waals surface area contributed by atoms with Crippen LogP contribution in [0.15, 0.2) is 5.38 Å². The maximum absolute atomic E-state index is 12.3. The maximum atomic E-state index is 12.3. The predicted octanol–water partition coefficient (Wildman–Crippen LogP) is 1.67. The lowest BCUT2D eigenvalue weighted by atomic mass is 10.2. The van der Waals surface area contributed by atoms with Crippen LogP contribution >= 0.6 is 11.3 Å². The quantitative estimate of drug-likeness (QED) is 0.794. The van der Waals surface area contributed by atoms with Gasteiger partial charge >= 0.3 is 6.03 Å². The van der Waals surface area contributed by atoms with E-state index in [-0.39, 0.29) is 18.0 Å². The van der Waals surface area contributed by atoms with Gasteiger partial charge in [0.2, 0.25) is 0 Å². The zero-order chi connectivity index (χ0) is 14.6. The number of hydrogen-bond acceptors (Lipinski definition) is 5. The SMILES string of the molecule is CN(c1nc(CN2C(=O)C3CCCN3C2=O)cs1)C1CC1. The topological polar surface area (TPSA) is 56.8 Å². The van der Waals surface area contributed by atoms with Gasteiger partial charge in [-0.25, -0.2) is 9.78 Å². The van der Waals surface area contributed by atoms with Gasteiger partial charge in [-0.1, -0.05) is 0 Å². The second-order valence-electron chi connectivity index (χ2n) is 6.02. The van der Waals surface area contributed by atoms with E-state index in [0.717, 1.165) is 23.7 Å². The molecule has 0 aromatic carbocycles. The molecule has 2 saturated heterocycles. The Balaban J connectivity index is 1.48. The van der Waals surface area contributed by atoms with Crippen LogP contribution in [-0.2, 0) is 11.3 Å². The van der Waals surface area contributed by atoms with Crippen LogP contribution in [0, 0.1) is 0 Å². The van der Waals surface area contributed by atoms with Crippen LogP contribution < -0.4 is 4.90 Å². The largest absolute Gasteiger partial charge is 0.348 e. The van der Waals surface area contributed by atoms with Gasteiger partial charge in [-0.2, -0.15) is 0 Å². The number of imide groups is 1. The second kappa shape index (κ2) is 4.69. The molecule has 2 aliphatic heterocycles. The molecule has 0 spiro atoms. The van der Waals surface area contributed by atoms with Crippen molar-refractivity contribution in [3.8, 4) is 0 Å². The molecule has 3 heterocycles. The summed E-state index contributed by atoms with van der Waals surface area (Å²) < 4.78 is 0. The van der Waals surface area contributed by atoms with E-state index in [1.165, 1.54) is 17.7 Å². The fourth-order valence-electron chi connectivity index (χ4n) is 3.14. The van der Waals surface area contributed by atoms with Gasteiger partial charge in [0.1, 0.15) is 6.04 Å². The first-order valence-corrected chi connectivity index (χ1v) is 8.32. The molecule has 112 valence electrons. The van der Waals surface area contributed by atoms with E-state index in [0.29, 0.717) is 19.1 Å². The van der Waals surface area contributed by atoms with Crippen molar-refractivity contribution in [2.45, 2.75) is 44.3 Å². The minimum atomic E-state index is -0.218. The lowest BCUT2D eigenvalue weighted by Gasteiger charge is -2.15. The summed E-state index contributed by atoms with van der Waals surface area (Å²) in [5.41, 5.74) is 0.811. The third-order valence-electron chi connectivity index (χ3n) is 4.54. The highest BCUT2D eigenvalue weighted by atomic mass is 32.1. The van der Waals surface area contributed by atoms with Crippen LogP contribution in [0.4, 0.5) is 9.93 Å². The fourth-order valence-corrected chi connectivity index (χ4v) is 3.99. The summed E-state index contributed by atoms with van der Waals surface area (Å²) in [5, 5.41) is 2.94. The molecular weight excluding hydrogens is 288 g/mol. The molecule has 1 aromatic heterocycles. The molecule has 0 bridgehead atoms. The molecule has 1 saturated carbocycles. The number of rotatable bonds is 4. The Bertz CT molecular complexity index is 576. The number of anilines is 1. The Morgan fingerprint density at radius 2 is 2.19 bits per heavy atom. The Morgan fingerprint density at radius 1 is 1.38 bits per heavy atom. The number of amides is 3. The highest BCUT2D eigenvalue weighted by Gasteiger charge is 2.47. The molecule has 0 radical (unpaired) electrons. The summed E-state index contributed by atoms with van der Waals surface area (Å²) in [6, 6.07) is 0.252. The summed E-state index contributed by atoms with van der Waals surface area (Å²) in [4.78, 5) is 34.4. The van der Waals surface area contributed by atoms with Crippen LogP contribution in [0.3, 0.4) is 0 Å². The van der Waals surface area contributed by atoms with E-state index in [9.17, 15) is 9.59 Å². The van der Waals surface area contributed by atoms with Crippen molar-refractivity contribution in [1.82, 2.24) is 14.8 Å². The van der Waals surface area contributed by atoms with Gasteiger partial charge in [0, 0.05) is 25.0 Å².